The molecule has 0 aromatic carbocycles. The zero-order valence-corrected chi connectivity index (χ0v) is 52.7. The monoisotopic (exact) mass is 1760 g/mol. The van der Waals surface area contributed by atoms with Crippen molar-refractivity contribution in [1.29, 1.82) is 0 Å². The molecule has 0 spiro atoms. The van der Waals surface area contributed by atoms with Crippen LogP contribution in [0.1, 0.15) is 50.9 Å². The second-order valence-electron chi connectivity index (χ2n) is 17.4. The van der Waals surface area contributed by atoms with Crippen LogP contribution in [0.5, 0.6) is 0 Å². The second kappa shape index (κ2) is 32.9. The number of alkyl halides is 9. The number of hydrogen-bond acceptors (Lipinski definition) is 15. The number of rotatable bonds is 6. The van der Waals surface area contributed by atoms with Crippen molar-refractivity contribution in [1.82, 2.24) is 106 Å². The summed E-state index contributed by atoms with van der Waals surface area (Å²) in [6.45, 7) is 11.4. The van der Waals surface area contributed by atoms with Crippen molar-refractivity contribution in [2.75, 3.05) is 0 Å². The second-order valence-corrected chi connectivity index (χ2v) is 17.4. The molecule has 34 heteroatoms. The van der Waals surface area contributed by atoms with Gasteiger partial charge in [-0.3, -0.25) is 44.9 Å². The molecule has 12 heterocycles. The van der Waals surface area contributed by atoms with Gasteiger partial charge >= 0.3 is 81.7 Å². The number of aromatic nitrogens is 21. The van der Waals surface area contributed by atoms with Crippen LogP contribution in [-0.4, -0.2) is 75.4 Å². The molecular formula is C54H41F10N21Pt3. The molecule has 88 heavy (non-hydrogen) atoms. The summed E-state index contributed by atoms with van der Waals surface area (Å²) in [6.07, 6.45) is 5.57. The van der Waals surface area contributed by atoms with Crippen molar-refractivity contribution >= 4 is 0 Å². The van der Waals surface area contributed by atoms with Gasteiger partial charge in [-0.15, -0.1) is 0 Å². The van der Waals surface area contributed by atoms with Crippen molar-refractivity contribution in [3.63, 3.8) is 0 Å². The van der Waals surface area contributed by atoms with Crippen molar-refractivity contribution in [3.8, 4) is 68.3 Å². The van der Waals surface area contributed by atoms with Gasteiger partial charge in [0, 0.05) is 84.2 Å². The van der Waals surface area contributed by atoms with Gasteiger partial charge in [0.1, 0.15) is 22.9 Å². The van der Waals surface area contributed by atoms with E-state index in [0.29, 0.717) is 11.4 Å². The van der Waals surface area contributed by atoms with Gasteiger partial charge in [-0.05, 0) is 113 Å². The van der Waals surface area contributed by atoms with Gasteiger partial charge in [0.2, 0.25) is 0 Å². The zero-order chi connectivity index (χ0) is 61.3. The average Bonchev–Trinajstić information content (AvgIpc) is 4.53. The fourth-order valence-corrected chi connectivity index (χ4v) is 6.57. The van der Waals surface area contributed by atoms with Crippen molar-refractivity contribution in [3.05, 3.63) is 198 Å². The van der Waals surface area contributed by atoms with E-state index in [1.54, 1.807) is 80.0 Å². The summed E-state index contributed by atoms with van der Waals surface area (Å²) in [4.78, 5) is 35.8. The molecule has 0 aliphatic rings. The molecule has 0 saturated carbocycles. The minimum atomic E-state index is -4.56. The minimum Gasteiger partial charge on any atom is -0.573 e. The molecule has 462 valence electrons. The van der Waals surface area contributed by atoms with Crippen LogP contribution in [0, 0.1) is 47.4 Å². The van der Waals surface area contributed by atoms with E-state index in [2.05, 4.69) is 106 Å². The van der Waals surface area contributed by atoms with E-state index < -0.39 is 41.4 Å². The first kappa shape index (κ1) is 71.8. The third-order valence-corrected chi connectivity index (χ3v) is 10.8. The Morgan fingerprint density at radius 3 is 0.943 bits per heavy atom. The third kappa shape index (κ3) is 21.3. The van der Waals surface area contributed by atoms with Gasteiger partial charge in [0.15, 0.2) is 0 Å². The Kier molecular flexibility index (Phi) is 26.8. The number of pyridine rings is 3. The number of hydrogen-bond donors (Lipinski definition) is 0. The average molecular weight is 1760 g/mol. The van der Waals surface area contributed by atoms with E-state index in [4.69, 9.17) is 0 Å². The molecule has 0 amide bonds. The molecule has 12 aromatic heterocycles. The van der Waals surface area contributed by atoms with Crippen LogP contribution >= 0.6 is 0 Å². The van der Waals surface area contributed by atoms with Gasteiger partial charge in [0.05, 0.1) is 41.4 Å². The summed E-state index contributed by atoms with van der Waals surface area (Å²) in [5.41, 5.74) is 8.16. The van der Waals surface area contributed by atoms with Crippen LogP contribution < -0.4 is 30.6 Å². The Labute approximate surface area is 536 Å². The van der Waals surface area contributed by atoms with Gasteiger partial charge in [-0.25, -0.2) is 4.39 Å². The van der Waals surface area contributed by atoms with Gasteiger partial charge in [-0.2, -0.15) is 39.5 Å². The smallest absolute Gasteiger partial charge is 0.573 e. The quantitative estimate of drug-likeness (QED) is 0.140. The van der Waals surface area contributed by atoms with E-state index in [9.17, 15) is 43.9 Å². The van der Waals surface area contributed by atoms with Crippen molar-refractivity contribution in [2.45, 2.75) is 60.1 Å². The maximum absolute atomic E-state index is 12.8. The first-order valence-corrected chi connectivity index (χ1v) is 24.3. The van der Waals surface area contributed by atoms with Gasteiger partial charge in [-0.1, -0.05) is 46.3 Å². The molecular weight excluding hydrogens is 1720 g/mol. The van der Waals surface area contributed by atoms with E-state index >= 15 is 0 Å². The summed E-state index contributed by atoms with van der Waals surface area (Å²) >= 11 is 0. The van der Waals surface area contributed by atoms with E-state index in [-0.39, 0.29) is 86.0 Å². The Hall–Kier alpha value is -8.69. The van der Waals surface area contributed by atoms with Crippen LogP contribution in [0.4, 0.5) is 43.9 Å². The van der Waals surface area contributed by atoms with E-state index in [1.807, 2.05) is 53.7 Å². The molecule has 0 fully saturated rings. The minimum absolute atomic E-state index is 0. The fraction of sp³-hybridized carbons (Fsp3) is 0.167. The Morgan fingerprint density at radius 1 is 0.330 bits per heavy atom. The van der Waals surface area contributed by atoms with E-state index in [0.717, 1.165) is 104 Å². The van der Waals surface area contributed by atoms with Crippen molar-refractivity contribution in [2.24, 2.45) is 0 Å². The fourth-order valence-electron chi connectivity index (χ4n) is 6.57. The van der Waals surface area contributed by atoms with Gasteiger partial charge in [0.25, 0.3) is 0 Å². The Morgan fingerprint density at radius 2 is 0.659 bits per heavy atom. The number of nitrogens with zero attached hydrogens (tertiary/aromatic N) is 21. The number of halogens is 10. The molecule has 0 bridgehead atoms. The summed E-state index contributed by atoms with van der Waals surface area (Å²) in [6, 6.07) is 15.2. The molecule has 0 saturated heterocycles. The molecule has 0 atom stereocenters. The van der Waals surface area contributed by atoms with Crippen LogP contribution in [0.15, 0.2) is 141 Å². The van der Waals surface area contributed by atoms with Gasteiger partial charge < -0.3 is 61.2 Å². The van der Waals surface area contributed by atoms with Crippen LogP contribution in [0.3, 0.4) is 0 Å². The Balaban J connectivity index is 0.000000225. The SMILES string of the molecule is Cc1cc(-c2cnccn2)[n-]n1.Cc1cc(-c2cnccn2)[n-]n1.Cc1ccnc(-c2cc(C(F)(F)F)n[n-]2)c1.Cc1ccnc(-c2cc(C(F)(F)F)n[n-]2)c1.Cc1n[n-]c(-c2cnccn2)c1C.Fc1ccnc(-c2cc(C(F)(F)F)n[n-]2)c1.[Pt+2].[Pt+2].[Pt+2]. The third-order valence-electron chi connectivity index (χ3n) is 10.8. The van der Waals surface area contributed by atoms with Crippen LogP contribution in [-0.2, 0) is 81.7 Å². The topological polar surface area (TPSA) is 278 Å². The standard InChI is InChI=1S/2C10H7F3N3.C9H4F4N3.C9H9N4.2C8H7N4.3Pt/c2*1-6-2-3-14-7(4-6)8-5-9(16-15-8)10(11,12)13;10-5-1-2-14-6(3-5)7-4-8(16-15-7)9(11,12)13;1-6-7(2)12-13-9(6)8-5-10-3-4-11-8;2*1-6-4-7(12-11-6)8-5-9-2-3-10-8;;;/h2*2-5H,1H3;1-4H;3-5H,1-2H3;2*2-5H,1H3;;;/q6*-1;3*+2. The molecule has 0 aliphatic carbocycles. The maximum atomic E-state index is 12.8. The maximum Gasteiger partial charge on any atom is 2.00 e. The molecule has 0 radical (unpaired) electrons. The Bertz CT molecular complexity index is 3700. The largest absolute Gasteiger partial charge is 2.00 e. The normalized spacial score (nSPS) is 10.7. The predicted octanol–water partition coefficient (Wildman–Crippen LogP) is 9.83. The first-order chi connectivity index (χ1) is 40.4. The molecule has 12 rings (SSSR count). The summed E-state index contributed by atoms with van der Waals surface area (Å²) in [7, 11) is 0. The predicted molar refractivity (Wildman–Crippen MR) is 281 cm³/mol. The number of aryl methyl sites for hydroxylation is 5. The summed E-state index contributed by atoms with van der Waals surface area (Å²) in [5, 5.41) is 43.0. The molecule has 0 aliphatic heterocycles. The van der Waals surface area contributed by atoms with E-state index in [1.165, 1.54) is 12.4 Å². The molecule has 12 aromatic rings. The summed E-state index contributed by atoms with van der Waals surface area (Å²) < 4.78 is 123. The van der Waals surface area contributed by atoms with Crippen molar-refractivity contribution < 1.29 is 107 Å². The zero-order valence-electron chi connectivity index (χ0n) is 45.9. The summed E-state index contributed by atoms with van der Waals surface area (Å²) in [5.74, 6) is -0.596. The first-order valence-electron chi connectivity index (χ1n) is 24.3. The molecule has 0 N–H and O–H groups in total. The van der Waals surface area contributed by atoms with Crippen LogP contribution in [0.25, 0.3) is 68.3 Å². The van der Waals surface area contributed by atoms with Crippen LogP contribution in [0.2, 0.25) is 0 Å². The molecule has 21 nitrogen and oxygen atoms in total. The molecule has 0 unspecified atom stereocenters.